The van der Waals surface area contributed by atoms with E-state index in [1.165, 1.54) is 14.2 Å². The molecule has 0 N–H and O–H groups in total. The van der Waals surface area contributed by atoms with E-state index in [2.05, 4.69) is 5.16 Å². The molecule has 0 radical (unpaired) electrons. The highest BCUT2D eigenvalue weighted by Gasteiger charge is 2.39. The molecule has 25 heavy (non-hydrogen) atoms. The van der Waals surface area contributed by atoms with Crippen LogP contribution in [0.15, 0.2) is 29.4 Å². The SMILES string of the molecule is COC(COc1ccccc1CS(=O)(=O)C1=NOC(C)(CCl)C1)OC. The van der Waals surface area contributed by atoms with Crippen LogP contribution in [0.25, 0.3) is 0 Å². The van der Waals surface area contributed by atoms with Gasteiger partial charge in [-0.05, 0) is 13.0 Å². The maximum Gasteiger partial charge on any atom is 0.199 e. The van der Waals surface area contributed by atoms with Crippen LogP contribution in [-0.2, 0) is 29.9 Å². The molecule has 1 unspecified atom stereocenters. The number of oxime groups is 1. The van der Waals surface area contributed by atoms with Gasteiger partial charge in [-0.2, -0.15) is 0 Å². The Bertz CT molecular complexity index is 719. The van der Waals surface area contributed by atoms with Crippen molar-refractivity contribution >= 4 is 26.5 Å². The van der Waals surface area contributed by atoms with E-state index in [9.17, 15) is 8.42 Å². The summed E-state index contributed by atoms with van der Waals surface area (Å²) in [5.74, 6) is 0.365. The summed E-state index contributed by atoms with van der Waals surface area (Å²) in [6, 6.07) is 6.90. The predicted octanol–water partition coefficient (Wildman–Crippen LogP) is 2.33. The van der Waals surface area contributed by atoms with Gasteiger partial charge in [-0.1, -0.05) is 23.4 Å². The first kappa shape index (κ1) is 20.0. The Hall–Kier alpha value is -1.35. The number of alkyl halides is 1. The third kappa shape index (κ3) is 5.07. The summed E-state index contributed by atoms with van der Waals surface area (Å²) in [5.41, 5.74) is -0.264. The van der Waals surface area contributed by atoms with E-state index in [-0.39, 0.29) is 29.7 Å². The summed E-state index contributed by atoms with van der Waals surface area (Å²) in [4.78, 5) is 5.18. The molecule has 7 nitrogen and oxygen atoms in total. The number of benzene rings is 1. The van der Waals surface area contributed by atoms with Crippen LogP contribution in [0.1, 0.15) is 18.9 Å². The van der Waals surface area contributed by atoms with Crippen molar-refractivity contribution in [3.8, 4) is 5.75 Å². The van der Waals surface area contributed by atoms with Crippen LogP contribution in [0.5, 0.6) is 5.75 Å². The summed E-state index contributed by atoms with van der Waals surface area (Å²) in [6.45, 7) is 1.86. The number of para-hydroxylation sites is 1. The molecule has 1 aliphatic heterocycles. The van der Waals surface area contributed by atoms with E-state index in [1.54, 1.807) is 31.2 Å². The lowest BCUT2D eigenvalue weighted by Gasteiger charge is -2.17. The largest absolute Gasteiger partial charge is 0.488 e. The Morgan fingerprint density at radius 3 is 2.60 bits per heavy atom. The minimum Gasteiger partial charge on any atom is -0.488 e. The quantitative estimate of drug-likeness (QED) is 0.499. The van der Waals surface area contributed by atoms with Crippen molar-refractivity contribution < 1.29 is 27.5 Å². The fraction of sp³-hybridized carbons (Fsp3) is 0.562. The third-order valence-corrected chi connectivity index (χ3v) is 5.95. The molecule has 1 aliphatic rings. The highest BCUT2D eigenvalue weighted by molar-refractivity contribution is 8.05. The topological polar surface area (TPSA) is 83.4 Å². The molecular formula is C16H22ClNO6S. The molecule has 0 spiro atoms. The fourth-order valence-electron chi connectivity index (χ4n) is 2.23. The van der Waals surface area contributed by atoms with Gasteiger partial charge in [0.1, 0.15) is 12.4 Å². The molecule has 0 amide bonds. The van der Waals surface area contributed by atoms with Gasteiger partial charge in [0.05, 0.1) is 11.6 Å². The molecule has 1 aromatic carbocycles. The lowest BCUT2D eigenvalue weighted by Crippen LogP contribution is -2.28. The Kier molecular flexibility index (Phi) is 6.67. The normalized spacial score (nSPS) is 20.4. The average Bonchev–Trinajstić information content (AvgIpc) is 3.01. The molecule has 0 saturated heterocycles. The van der Waals surface area contributed by atoms with Crippen LogP contribution in [0.4, 0.5) is 0 Å². The van der Waals surface area contributed by atoms with Crippen LogP contribution in [-0.4, -0.2) is 52.1 Å². The number of hydrogen-bond acceptors (Lipinski definition) is 7. The zero-order valence-corrected chi connectivity index (χ0v) is 16.0. The summed E-state index contributed by atoms with van der Waals surface area (Å²) < 4.78 is 41.1. The van der Waals surface area contributed by atoms with Crippen molar-refractivity contribution in [2.75, 3.05) is 26.7 Å². The molecule has 0 aliphatic carbocycles. The van der Waals surface area contributed by atoms with Crippen molar-refractivity contribution in [2.24, 2.45) is 5.16 Å². The van der Waals surface area contributed by atoms with Crippen molar-refractivity contribution in [1.29, 1.82) is 0 Å². The van der Waals surface area contributed by atoms with E-state index in [0.29, 0.717) is 11.3 Å². The van der Waals surface area contributed by atoms with Crippen molar-refractivity contribution in [2.45, 2.75) is 31.0 Å². The minimum absolute atomic E-state index is 0.00267. The van der Waals surface area contributed by atoms with Gasteiger partial charge in [-0.15, -0.1) is 11.6 Å². The zero-order valence-electron chi connectivity index (χ0n) is 14.4. The summed E-state index contributed by atoms with van der Waals surface area (Å²) >= 11 is 5.81. The summed E-state index contributed by atoms with van der Waals surface area (Å²) in [6.07, 6.45) is -0.390. The number of hydrogen-bond donors (Lipinski definition) is 0. The molecular weight excluding hydrogens is 370 g/mol. The Morgan fingerprint density at radius 2 is 2.00 bits per heavy atom. The summed E-state index contributed by atoms with van der Waals surface area (Å²) in [5, 5.41) is 3.72. The van der Waals surface area contributed by atoms with E-state index in [0.717, 1.165) is 0 Å². The number of nitrogens with zero attached hydrogens (tertiary/aromatic N) is 1. The molecule has 1 heterocycles. The first-order chi connectivity index (χ1) is 11.8. The highest BCUT2D eigenvalue weighted by Crippen LogP contribution is 2.29. The third-order valence-electron chi connectivity index (χ3n) is 3.75. The van der Waals surface area contributed by atoms with Gasteiger partial charge < -0.3 is 19.0 Å². The Balaban J connectivity index is 2.12. The number of ether oxygens (including phenoxy) is 3. The fourth-order valence-corrected chi connectivity index (χ4v) is 3.86. The molecule has 2 rings (SSSR count). The van der Waals surface area contributed by atoms with Crippen LogP contribution < -0.4 is 4.74 Å². The molecule has 0 aromatic heterocycles. The lowest BCUT2D eigenvalue weighted by atomic mass is 10.1. The van der Waals surface area contributed by atoms with Crippen LogP contribution in [0.3, 0.4) is 0 Å². The number of rotatable bonds is 8. The molecule has 0 saturated carbocycles. The van der Waals surface area contributed by atoms with E-state index in [4.69, 9.17) is 30.6 Å². The van der Waals surface area contributed by atoms with Crippen molar-refractivity contribution in [3.05, 3.63) is 29.8 Å². The van der Waals surface area contributed by atoms with Gasteiger partial charge >= 0.3 is 0 Å². The second kappa shape index (κ2) is 8.35. The van der Waals surface area contributed by atoms with Crippen molar-refractivity contribution in [3.63, 3.8) is 0 Å². The first-order valence-electron chi connectivity index (χ1n) is 7.63. The standard InChI is InChI=1S/C16H22ClNO6S/c1-16(11-17)8-14(18-24-16)25(19,20)10-12-6-4-5-7-13(12)23-9-15(21-2)22-3/h4-7,15H,8-11H2,1-3H3. The zero-order chi connectivity index (χ0) is 18.5. The van der Waals surface area contributed by atoms with Gasteiger partial charge in [-0.25, -0.2) is 8.42 Å². The van der Waals surface area contributed by atoms with Gasteiger partial charge in [0, 0.05) is 26.2 Å². The average molecular weight is 392 g/mol. The second-order valence-electron chi connectivity index (χ2n) is 5.92. The maximum absolute atomic E-state index is 12.6. The minimum atomic E-state index is -3.64. The van der Waals surface area contributed by atoms with E-state index >= 15 is 0 Å². The van der Waals surface area contributed by atoms with Crippen LogP contribution >= 0.6 is 11.6 Å². The lowest BCUT2D eigenvalue weighted by molar-refractivity contribution is -0.122. The molecule has 0 fully saturated rings. The Morgan fingerprint density at radius 1 is 1.32 bits per heavy atom. The first-order valence-corrected chi connectivity index (χ1v) is 9.82. The molecule has 1 aromatic rings. The van der Waals surface area contributed by atoms with Crippen LogP contribution in [0, 0.1) is 0 Å². The number of methoxy groups -OCH3 is 2. The smallest absolute Gasteiger partial charge is 0.199 e. The Labute approximate surface area is 152 Å². The molecule has 9 heteroatoms. The van der Waals surface area contributed by atoms with E-state index < -0.39 is 21.7 Å². The van der Waals surface area contributed by atoms with Gasteiger partial charge in [-0.3, -0.25) is 0 Å². The summed E-state index contributed by atoms with van der Waals surface area (Å²) in [7, 11) is -0.643. The van der Waals surface area contributed by atoms with Crippen molar-refractivity contribution in [1.82, 2.24) is 0 Å². The number of halogens is 1. The van der Waals surface area contributed by atoms with Crippen LogP contribution in [0.2, 0.25) is 0 Å². The molecule has 140 valence electrons. The predicted molar refractivity (Wildman–Crippen MR) is 94.6 cm³/mol. The molecule has 0 bridgehead atoms. The van der Waals surface area contributed by atoms with E-state index in [1.807, 2.05) is 0 Å². The highest BCUT2D eigenvalue weighted by atomic mass is 35.5. The van der Waals surface area contributed by atoms with Gasteiger partial charge in [0.15, 0.2) is 26.8 Å². The molecule has 1 atom stereocenters. The van der Waals surface area contributed by atoms with Gasteiger partial charge in [0.2, 0.25) is 0 Å². The maximum atomic E-state index is 12.6. The number of sulfone groups is 1. The second-order valence-corrected chi connectivity index (χ2v) is 8.17. The monoisotopic (exact) mass is 391 g/mol. The van der Waals surface area contributed by atoms with Gasteiger partial charge in [0.25, 0.3) is 0 Å².